The van der Waals surface area contributed by atoms with E-state index < -0.39 is 0 Å². The van der Waals surface area contributed by atoms with Crippen LogP contribution in [0.1, 0.15) is 0 Å². The van der Waals surface area contributed by atoms with Gasteiger partial charge in [-0.3, -0.25) is 4.98 Å². The van der Waals surface area contributed by atoms with Crippen LogP contribution >= 0.6 is 0 Å². The smallest absolute Gasteiger partial charge is 0.143 e. The third-order valence-electron chi connectivity index (χ3n) is 10.3. The predicted octanol–water partition coefficient (Wildman–Crippen LogP) is 13.5. The minimum absolute atomic E-state index is 0.849. The van der Waals surface area contributed by atoms with E-state index in [4.69, 9.17) is 8.83 Å². The van der Waals surface area contributed by atoms with Crippen LogP contribution in [0.2, 0.25) is 0 Å². The molecule has 0 saturated carbocycles. The number of hydrogen-bond donors (Lipinski definition) is 0. The Morgan fingerprint density at radius 2 is 0.902 bits per heavy atom. The van der Waals surface area contributed by atoms with Crippen molar-refractivity contribution in [1.82, 2.24) is 4.98 Å². The largest absolute Gasteiger partial charge is 0.455 e. The summed E-state index contributed by atoms with van der Waals surface area (Å²) in [5.74, 6) is 0. The van der Waals surface area contributed by atoms with Gasteiger partial charge in [0.05, 0.1) is 0 Å². The van der Waals surface area contributed by atoms with E-state index >= 15 is 0 Å². The third kappa shape index (κ3) is 4.37. The first kappa shape index (κ1) is 28.0. The highest BCUT2D eigenvalue weighted by Gasteiger charge is 2.19. The van der Waals surface area contributed by atoms with E-state index in [2.05, 4.69) is 162 Å². The number of rotatable bonds is 4. The number of fused-ring (bicyclic) bond motifs is 11. The molecule has 4 heteroatoms. The lowest BCUT2D eigenvalue weighted by molar-refractivity contribution is 0.672. The van der Waals surface area contributed by atoms with Crippen molar-refractivity contribution in [1.29, 1.82) is 0 Å². The molecular weight excluding hydrogens is 625 g/mol. The summed E-state index contributed by atoms with van der Waals surface area (Å²) in [5.41, 5.74) is 8.85. The number of furan rings is 2. The summed E-state index contributed by atoms with van der Waals surface area (Å²) in [6.07, 6.45) is 3.75. The molecule has 0 bridgehead atoms. The molecule has 0 atom stereocenters. The highest BCUT2D eigenvalue weighted by molar-refractivity contribution is 6.17. The molecular formula is C47H28N2O2. The van der Waals surface area contributed by atoms with Crippen LogP contribution in [0.25, 0.3) is 87.3 Å². The maximum absolute atomic E-state index is 6.64. The minimum atomic E-state index is 0.849. The molecule has 4 nitrogen and oxygen atoms in total. The zero-order valence-electron chi connectivity index (χ0n) is 27.4. The molecule has 0 aliphatic carbocycles. The molecule has 0 spiro atoms. The van der Waals surface area contributed by atoms with Crippen LogP contribution in [-0.4, -0.2) is 4.98 Å². The molecule has 11 aromatic rings. The Labute approximate surface area is 292 Å². The van der Waals surface area contributed by atoms with Gasteiger partial charge in [-0.25, -0.2) is 0 Å². The lowest BCUT2D eigenvalue weighted by Crippen LogP contribution is -2.09. The first-order chi connectivity index (χ1) is 25.2. The van der Waals surface area contributed by atoms with Gasteiger partial charge in [0.2, 0.25) is 0 Å². The number of aromatic nitrogens is 1. The average Bonchev–Trinajstić information content (AvgIpc) is 3.76. The summed E-state index contributed by atoms with van der Waals surface area (Å²) in [4.78, 5) is 6.61. The predicted molar refractivity (Wildman–Crippen MR) is 211 cm³/mol. The van der Waals surface area contributed by atoms with Gasteiger partial charge < -0.3 is 13.7 Å². The Kier molecular flexibility index (Phi) is 5.92. The quantitative estimate of drug-likeness (QED) is 0.190. The normalized spacial score (nSPS) is 11.9. The molecule has 3 aromatic heterocycles. The molecule has 3 heterocycles. The Morgan fingerprint density at radius 1 is 0.373 bits per heavy atom. The van der Waals surface area contributed by atoms with Crippen molar-refractivity contribution in [3.63, 3.8) is 0 Å². The number of benzene rings is 8. The van der Waals surface area contributed by atoms with Crippen molar-refractivity contribution < 1.29 is 8.83 Å². The highest BCUT2D eigenvalue weighted by Crippen LogP contribution is 2.43. The van der Waals surface area contributed by atoms with Crippen LogP contribution < -0.4 is 4.90 Å². The van der Waals surface area contributed by atoms with Crippen LogP contribution in [0, 0.1) is 0 Å². The van der Waals surface area contributed by atoms with Gasteiger partial charge in [-0.2, -0.15) is 0 Å². The van der Waals surface area contributed by atoms with E-state index in [0.717, 1.165) is 88.2 Å². The second kappa shape index (κ2) is 10.8. The van der Waals surface area contributed by atoms with Gasteiger partial charge in [0.1, 0.15) is 22.3 Å². The Hall–Kier alpha value is -6.91. The zero-order valence-corrected chi connectivity index (χ0v) is 27.4. The van der Waals surface area contributed by atoms with E-state index in [-0.39, 0.29) is 0 Å². The van der Waals surface area contributed by atoms with Gasteiger partial charge in [0, 0.05) is 79.3 Å². The van der Waals surface area contributed by atoms with E-state index in [0.29, 0.717) is 0 Å². The van der Waals surface area contributed by atoms with Gasteiger partial charge in [-0.1, -0.05) is 84.9 Å². The summed E-state index contributed by atoms with van der Waals surface area (Å²) in [7, 11) is 0. The van der Waals surface area contributed by atoms with E-state index in [1.165, 1.54) is 16.2 Å². The summed E-state index contributed by atoms with van der Waals surface area (Å²) >= 11 is 0. The molecule has 0 amide bonds. The summed E-state index contributed by atoms with van der Waals surface area (Å²) < 4.78 is 13.3. The maximum atomic E-state index is 6.64. The van der Waals surface area contributed by atoms with Crippen LogP contribution in [0.15, 0.2) is 179 Å². The number of anilines is 3. The van der Waals surface area contributed by atoms with Crippen molar-refractivity contribution in [2.75, 3.05) is 4.90 Å². The van der Waals surface area contributed by atoms with Gasteiger partial charge in [0.25, 0.3) is 0 Å². The third-order valence-corrected chi connectivity index (χ3v) is 10.3. The van der Waals surface area contributed by atoms with Crippen LogP contribution in [0.4, 0.5) is 17.1 Å². The van der Waals surface area contributed by atoms with Crippen molar-refractivity contribution >= 4 is 93.3 Å². The van der Waals surface area contributed by atoms with Crippen molar-refractivity contribution in [3.05, 3.63) is 170 Å². The maximum Gasteiger partial charge on any atom is 0.143 e. The molecule has 0 fully saturated rings. The van der Waals surface area contributed by atoms with E-state index in [1.807, 2.05) is 18.5 Å². The fourth-order valence-corrected chi connectivity index (χ4v) is 7.78. The molecule has 11 rings (SSSR count). The number of hydrogen-bond acceptors (Lipinski definition) is 4. The van der Waals surface area contributed by atoms with Crippen molar-refractivity contribution in [2.24, 2.45) is 0 Å². The highest BCUT2D eigenvalue weighted by atomic mass is 16.3. The van der Waals surface area contributed by atoms with Gasteiger partial charge in [-0.05, 0) is 87.9 Å². The molecule has 0 aliphatic rings. The number of pyridine rings is 1. The fraction of sp³-hybridized carbons (Fsp3) is 0. The monoisotopic (exact) mass is 652 g/mol. The molecule has 0 radical (unpaired) electrons. The molecule has 8 aromatic carbocycles. The van der Waals surface area contributed by atoms with Crippen LogP contribution in [0.5, 0.6) is 0 Å². The fourth-order valence-electron chi connectivity index (χ4n) is 7.78. The lowest BCUT2D eigenvalue weighted by atomic mass is 10.0. The van der Waals surface area contributed by atoms with E-state index in [1.54, 1.807) is 0 Å². The number of nitrogens with zero attached hydrogens (tertiary/aromatic N) is 2. The summed E-state index contributed by atoms with van der Waals surface area (Å²) in [6, 6.07) is 55.9. The van der Waals surface area contributed by atoms with Crippen molar-refractivity contribution in [3.8, 4) is 11.1 Å². The minimum Gasteiger partial charge on any atom is -0.455 e. The molecule has 238 valence electrons. The average molecular weight is 653 g/mol. The molecule has 51 heavy (non-hydrogen) atoms. The zero-order chi connectivity index (χ0) is 33.5. The molecule has 0 saturated heterocycles. The first-order valence-electron chi connectivity index (χ1n) is 17.2. The Morgan fingerprint density at radius 3 is 1.53 bits per heavy atom. The Bertz CT molecular complexity index is 3000. The van der Waals surface area contributed by atoms with Crippen molar-refractivity contribution in [2.45, 2.75) is 0 Å². The summed E-state index contributed by atoms with van der Waals surface area (Å²) in [6.45, 7) is 0. The SMILES string of the molecule is c1ccc2c(c1)ccc1c3ccc(N(c4ccc(-c5ccc6ccncc6c5)cc4)c4ccc5c(c4)oc4c6ccccc6ccc54)cc3oc21. The van der Waals surface area contributed by atoms with E-state index in [9.17, 15) is 0 Å². The second-order valence-corrected chi connectivity index (χ2v) is 13.2. The summed E-state index contributed by atoms with van der Waals surface area (Å²) in [5, 5.41) is 11.3. The Balaban J connectivity index is 1.09. The lowest BCUT2D eigenvalue weighted by Gasteiger charge is -2.25. The van der Waals surface area contributed by atoms with Gasteiger partial charge >= 0.3 is 0 Å². The second-order valence-electron chi connectivity index (χ2n) is 13.2. The topological polar surface area (TPSA) is 42.4 Å². The van der Waals surface area contributed by atoms with Gasteiger partial charge in [-0.15, -0.1) is 0 Å². The standard InChI is InChI=1S/C47H28N2O2/c1-3-7-38-31(5-1)13-19-42-40-21-17-36(26-44(40)50-46(38)42)49(35-15-11-29(12-16-35)33-10-9-30-23-24-48-28-34(30)25-33)37-18-22-41-43-20-14-32-6-2-4-8-39(32)47(43)51-45(41)27-37/h1-28H. The molecule has 0 unspecified atom stereocenters. The molecule has 0 N–H and O–H groups in total. The van der Waals surface area contributed by atoms with Crippen LogP contribution in [0.3, 0.4) is 0 Å². The molecule has 0 aliphatic heterocycles. The van der Waals surface area contributed by atoms with Gasteiger partial charge in [0.15, 0.2) is 0 Å². The van der Waals surface area contributed by atoms with Crippen LogP contribution in [-0.2, 0) is 0 Å². The first-order valence-corrected chi connectivity index (χ1v) is 17.2.